The van der Waals surface area contributed by atoms with Gasteiger partial charge in [0.25, 0.3) is 5.91 Å². The summed E-state index contributed by atoms with van der Waals surface area (Å²) in [6, 6.07) is 13.6. The average molecular weight is 448 g/mol. The third kappa shape index (κ3) is 2.57. The Morgan fingerprint density at radius 1 is 1.12 bits per heavy atom. The van der Waals surface area contributed by atoms with E-state index in [-0.39, 0.29) is 41.9 Å². The van der Waals surface area contributed by atoms with Crippen molar-refractivity contribution in [3.63, 3.8) is 0 Å². The molecule has 33 heavy (non-hydrogen) atoms. The molecule has 2 aliphatic heterocycles. The average Bonchev–Trinajstić information content (AvgIpc) is 3.28. The first-order chi connectivity index (χ1) is 16.0. The SMILES string of the molecule is CC1N(C)C(=O)/C2=C(\O)COC/C=C\N2N1C12c3ccccc3CC1Cc1c(F)cccc12. The molecule has 2 heterocycles. The van der Waals surface area contributed by atoms with Crippen molar-refractivity contribution >= 4 is 5.91 Å². The molecule has 2 aliphatic carbocycles. The molecule has 0 radical (unpaired) electrons. The summed E-state index contributed by atoms with van der Waals surface area (Å²) in [6.07, 6.45) is 4.73. The highest BCUT2D eigenvalue weighted by Crippen LogP contribution is 2.59. The van der Waals surface area contributed by atoms with E-state index in [0.717, 1.165) is 23.1 Å². The second-order valence-corrected chi connectivity index (χ2v) is 9.23. The fourth-order valence-electron chi connectivity index (χ4n) is 6.28. The van der Waals surface area contributed by atoms with Crippen LogP contribution in [0.5, 0.6) is 0 Å². The minimum absolute atomic E-state index is 0.0454. The van der Waals surface area contributed by atoms with E-state index in [1.807, 2.05) is 31.2 Å². The highest BCUT2D eigenvalue weighted by molar-refractivity contribution is 5.94. The Labute approximate surface area is 192 Å². The van der Waals surface area contributed by atoms with E-state index in [1.54, 1.807) is 29.2 Å². The number of amides is 1. The van der Waals surface area contributed by atoms with Crippen LogP contribution in [0.15, 0.2) is 66.2 Å². The highest BCUT2D eigenvalue weighted by Gasteiger charge is 2.62. The summed E-state index contributed by atoms with van der Waals surface area (Å²) in [6.45, 7) is 2.26. The van der Waals surface area contributed by atoms with E-state index in [0.29, 0.717) is 13.0 Å². The van der Waals surface area contributed by atoms with E-state index in [4.69, 9.17) is 4.74 Å². The van der Waals surface area contributed by atoms with Gasteiger partial charge in [0, 0.05) is 13.2 Å². The van der Waals surface area contributed by atoms with Crippen LogP contribution in [0.4, 0.5) is 4.39 Å². The molecular weight excluding hydrogens is 421 g/mol. The monoisotopic (exact) mass is 447 g/mol. The molecule has 6 nitrogen and oxygen atoms in total. The molecule has 0 spiro atoms. The van der Waals surface area contributed by atoms with Gasteiger partial charge in [0.05, 0.1) is 12.1 Å². The molecule has 6 rings (SSSR count). The van der Waals surface area contributed by atoms with Gasteiger partial charge in [-0.15, -0.1) is 0 Å². The maximum absolute atomic E-state index is 15.1. The lowest BCUT2D eigenvalue weighted by Crippen LogP contribution is -2.68. The predicted molar refractivity (Wildman–Crippen MR) is 120 cm³/mol. The summed E-state index contributed by atoms with van der Waals surface area (Å²) in [7, 11) is 1.74. The first-order valence-electron chi connectivity index (χ1n) is 11.3. The number of likely N-dealkylation sites (N-methyl/N-ethyl adjacent to an activating group) is 1. The summed E-state index contributed by atoms with van der Waals surface area (Å²) < 4.78 is 20.5. The van der Waals surface area contributed by atoms with Gasteiger partial charge in [-0.25, -0.2) is 4.39 Å². The van der Waals surface area contributed by atoms with Gasteiger partial charge in [-0.05, 0) is 60.1 Å². The topological polar surface area (TPSA) is 56.3 Å². The van der Waals surface area contributed by atoms with Crippen LogP contribution in [0.25, 0.3) is 0 Å². The second-order valence-electron chi connectivity index (χ2n) is 9.23. The van der Waals surface area contributed by atoms with E-state index in [1.165, 1.54) is 11.6 Å². The number of carbonyl (C=O) groups excluding carboxylic acids is 1. The fraction of sp³-hybridized carbons (Fsp3) is 0.346. The van der Waals surface area contributed by atoms with Crippen molar-refractivity contribution in [3.8, 4) is 0 Å². The molecule has 3 unspecified atom stereocenters. The fourth-order valence-corrected chi connectivity index (χ4v) is 6.28. The third-order valence-corrected chi connectivity index (χ3v) is 7.70. The van der Waals surface area contributed by atoms with Gasteiger partial charge in [-0.2, -0.15) is 5.01 Å². The number of hydrogen-bond donors (Lipinski definition) is 1. The molecule has 170 valence electrons. The Morgan fingerprint density at radius 2 is 1.91 bits per heavy atom. The molecule has 2 aromatic rings. The highest BCUT2D eigenvalue weighted by atomic mass is 19.1. The third-order valence-electron chi connectivity index (χ3n) is 7.70. The molecule has 0 bridgehead atoms. The van der Waals surface area contributed by atoms with Gasteiger partial charge in [0.1, 0.15) is 24.3 Å². The first-order valence-corrected chi connectivity index (χ1v) is 11.3. The summed E-state index contributed by atoms with van der Waals surface area (Å²) in [4.78, 5) is 15.0. The number of aliphatic hydroxyl groups excluding tert-OH is 1. The van der Waals surface area contributed by atoms with Crippen LogP contribution in [0.3, 0.4) is 0 Å². The number of carbonyl (C=O) groups is 1. The Bertz CT molecular complexity index is 1230. The Hall–Kier alpha value is -3.16. The smallest absolute Gasteiger partial charge is 0.276 e. The summed E-state index contributed by atoms with van der Waals surface area (Å²) in [5, 5.41) is 14.8. The van der Waals surface area contributed by atoms with E-state index in [9.17, 15) is 9.90 Å². The molecule has 2 aromatic carbocycles. The molecule has 4 aliphatic rings. The van der Waals surface area contributed by atoms with Crippen LogP contribution < -0.4 is 0 Å². The summed E-state index contributed by atoms with van der Waals surface area (Å²) in [5.41, 5.74) is 3.51. The van der Waals surface area contributed by atoms with Crippen LogP contribution in [0, 0.1) is 11.7 Å². The maximum Gasteiger partial charge on any atom is 0.276 e. The van der Waals surface area contributed by atoms with Crippen LogP contribution in [-0.2, 0) is 27.9 Å². The van der Waals surface area contributed by atoms with Crippen LogP contribution >= 0.6 is 0 Å². The zero-order valence-electron chi connectivity index (χ0n) is 18.7. The summed E-state index contributed by atoms with van der Waals surface area (Å²) >= 11 is 0. The molecule has 1 amide bonds. The van der Waals surface area contributed by atoms with Gasteiger partial charge >= 0.3 is 0 Å². The number of nitrogens with zero attached hydrogens (tertiary/aromatic N) is 3. The number of rotatable bonds is 1. The number of benzene rings is 2. The van der Waals surface area contributed by atoms with Crippen molar-refractivity contribution in [1.82, 2.24) is 14.9 Å². The van der Waals surface area contributed by atoms with Gasteiger partial charge in [-0.3, -0.25) is 9.80 Å². The van der Waals surface area contributed by atoms with Crippen LogP contribution in [0.1, 0.15) is 29.2 Å². The second kappa shape index (κ2) is 7.17. The van der Waals surface area contributed by atoms with Crippen LogP contribution in [0.2, 0.25) is 0 Å². The Kier molecular flexibility index (Phi) is 4.44. The lowest BCUT2D eigenvalue weighted by Gasteiger charge is -2.56. The van der Waals surface area contributed by atoms with Gasteiger partial charge in [0.2, 0.25) is 0 Å². The van der Waals surface area contributed by atoms with Gasteiger partial charge in [-0.1, -0.05) is 36.4 Å². The largest absolute Gasteiger partial charge is 0.507 e. The molecule has 1 saturated heterocycles. The molecule has 1 N–H and O–H groups in total. The predicted octanol–water partition coefficient (Wildman–Crippen LogP) is 3.45. The van der Waals surface area contributed by atoms with E-state index < -0.39 is 5.54 Å². The molecule has 3 atom stereocenters. The Balaban J connectivity index is 1.67. The normalized spacial score (nSPS) is 32.0. The van der Waals surface area contributed by atoms with Crippen molar-refractivity contribution in [2.45, 2.75) is 31.5 Å². The van der Waals surface area contributed by atoms with Crippen molar-refractivity contribution in [2.24, 2.45) is 5.92 Å². The van der Waals surface area contributed by atoms with E-state index >= 15 is 4.39 Å². The number of ether oxygens (including phenoxy) is 1. The first kappa shape index (κ1) is 20.4. The quantitative estimate of drug-likeness (QED) is 0.726. The minimum Gasteiger partial charge on any atom is -0.507 e. The maximum atomic E-state index is 15.1. The minimum atomic E-state index is -0.682. The molecule has 1 fully saturated rings. The van der Waals surface area contributed by atoms with Crippen molar-refractivity contribution in [3.05, 3.63) is 94.3 Å². The molecular formula is C26H26FN3O3. The van der Waals surface area contributed by atoms with Crippen molar-refractivity contribution < 1.29 is 19.0 Å². The molecule has 0 aromatic heterocycles. The zero-order chi connectivity index (χ0) is 22.9. The summed E-state index contributed by atoms with van der Waals surface area (Å²) in [5.74, 6) is -0.486. The van der Waals surface area contributed by atoms with Crippen molar-refractivity contribution in [2.75, 3.05) is 20.3 Å². The zero-order valence-corrected chi connectivity index (χ0v) is 18.7. The lowest BCUT2D eigenvalue weighted by atomic mass is 9.81. The number of fused-ring (bicyclic) bond motifs is 6. The molecule has 7 heteroatoms. The van der Waals surface area contributed by atoms with Crippen molar-refractivity contribution in [1.29, 1.82) is 0 Å². The van der Waals surface area contributed by atoms with E-state index in [2.05, 4.69) is 17.1 Å². The lowest BCUT2D eigenvalue weighted by molar-refractivity contribution is -0.178. The number of hydrazine groups is 1. The Morgan fingerprint density at radius 3 is 2.76 bits per heavy atom. The number of hydrogen-bond acceptors (Lipinski definition) is 5. The number of halogens is 1. The molecule has 0 saturated carbocycles. The number of aliphatic hydroxyl groups is 1. The standard InChI is InChI=1S/C26H26FN3O3/c1-16-28(2)25(32)24-23(31)15-33-12-6-11-29(24)30(16)26-18(13-17-7-3-4-8-20(17)26)14-19-21(26)9-5-10-22(19)27/h3-11,16,18,31H,12-15H2,1-2H3/b11-6-,24-23+. The van der Waals surface area contributed by atoms with Crippen LogP contribution in [-0.4, -0.2) is 52.4 Å². The van der Waals surface area contributed by atoms with Gasteiger partial charge < -0.3 is 14.7 Å². The van der Waals surface area contributed by atoms with Gasteiger partial charge in [0.15, 0.2) is 5.70 Å².